The summed E-state index contributed by atoms with van der Waals surface area (Å²) < 4.78 is 18.9. The molecule has 3 rings (SSSR count). The number of aromatic nitrogens is 2. The molecule has 0 saturated carbocycles. The summed E-state index contributed by atoms with van der Waals surface area (Å²) in [4.78, 5) is 8.85. The summed E-state index contributed by atoms with van der Waals surface area (Å²) in [6.45, 7) is 2.25. The van der Waals surface area contributed by atoms with Gasteiger partial charge in [-0.1, -0.05) is 42.5 Å². The van der Waals surface area contributed by atoms with E-state index in [0.717, 1.165) is 16.8 Å². The lowest BCUT2D eigenvalue weighted by molar-refractivity contribution is 0.177. The van der Waals surface area contributed by atoms with E-state index in [9.17, 15) is 4.39 Å². The van der Waals surface area contributed by atoms with Crippen molar-refractivity contribution < 1.29 is 9.13 Å². The number of anilines is 1. The summed E-state index contributed by atoms with van der Waals surface area (Å²) in [5, 5.41) is 3.41. The molecular weight excluding hydrogens is 317 g/mol. The zero-order chi connectivity index (χ0) is 17.6. The summed E-state index contributed by atoms with van der Waals surface area (Å²) in [7, 11) is 1.61. The highest BCUT2D eigenvalue weighted by atomic mass is 19.1. The Bertz CT molecular complexity index is 839. The molecule has 0 fully saturated rings. The van der Waals surface area contributed by atoms with E-state index in [0.29, 0.717) is 18.2 Å². The molecule has 0 amide bonds. The van der Waals surface area contributed by atoms with Crippen LogP contribution in [0.4, 0.5) is 10.2 Å². The molecule has 1 unspecified atom stereocenters. The molecule has 1 atom stereocenters. The van der Waals surface area contributed by atoms with Gasteiger partial charge in [0.15, 0.2) is 5.82 Å². The Morgan fingerprint density at radius 1 is 1.00 bits per heavy atom. The lowest BCUT2D eigenvalue weighted by atomic mass is 9.98. The predicted octanol–water partition coefficient (Wildman–Crippen LogP) is 4.27. The van der Waals surface area contributed by atoms with Gasteiger partial charge in [-0.05, 0) is 30.2 Å². The zero-order valence-corrected chi connectivity index (χ0v) is 14.2. The summed E-state index contributed by atoms with van der Waals surface area (Å²) in [5.41, 5.74) is 2.70. The second kappa shape index (κ2) is 7.85. The number of rotatable bonds is 6. The van der Waals surface area contributed by atoms with Crippen molar-refractivity contribution in [3.05, 3.63) is 89.1 Å². The maximum Gasteiger partial charge on any atom is 0.156 e. The Labute approximate surface area is 146 Å². The van der Waals surface area contributed by atoms with Crippen LogP contribution in [0.1, 0.15) is 28.7 Å². The molecule has 0 saturated heterocycles. The molecule has 0 radical (unpaired) electrons. The summed E-state index contributed by atoms with van der Waals surface area (Å²) in [6.07, 6.45) is 0. The second-order valence-electron chi connectivity index (χ2n) is 5.79. The van der Waals surface area contributed by atoms with Crippen LogP contribution in [0.15, 0.2) is 60.7 Å². The number of ether oxygens (including phenoxy) is 1. The van der Waals surface area contributed by atoms with Gasteiger partial charge in [-0.25, -0.2) is 14.4 Å². The van der Waals surface area contributed by atoms with Crippen molar-refractivity contribution in [3.63, 3.8) is 0 Å². The van der Waals surface area contributed by atoms with E-state index in [1.165, 1.54) is 12.1 Å². The average molecular weight is 337 g/mol. The highest BCUT2D eigenvalue weighted by molar-refractivity contribution is 5.45. The van der Waals surface area contributed by atoms with Crippen molar-refractivity contribution in [1.82, 2.24) is 9.97 Å². The summed E-state index contributed by atoms with van der Waals surface area (Å²) in [5.74, 6) is 1.02. The normalized spacial score (nSPS) is 12.0. The van der Waals surface area contributed by atoms with E-state index >= 15 is 0 Å². The highest BCUT2D eigenvalue weighted by Crippen LogP contribution is 2.26. The molecule has 4 nitrogen and oxygen atoms in total. The molecule has 0 spiro atoms. The quantitative estimate of drug-likeness (QED) is 0.729. The molecule has 5 heteroatoms. The number of methoxy groups -OCH3 is 1. The van der Waals surface area contributed by atoms with Gasteiger partial charge in [0.1, 0.15) is 18.2 Å². The molecule has 0 bridgehead atoms. The molecule has 2 aromatic carbocycles. The third-order valence-corrected chi connectivity index (χ3v) is 3.78. The Morgan fingerprint density at radius 3 is 2.48 bits per heavy atom. The lowest BCUT2D eigenvalue weighted by Crippen LogP contribution is -2.15. The second-order valence-corrected chi connectivity index (χ2v) is 5.79. The first-order chi connectivity index (χ1) is 12.2. The molecule has 25 heavy (non-hydrogen) atoms. The van der Waals surface area contributed by atoms with Gasteiger partial charge in [-0.3, -0.25) is 0 Å². The molecule has 128 valence electrons. The SMILES string of the molecule is COCc1nc(C)cc(NC(c2ccccc2)c2cccc(F)c2)n1. The van der Waals surface area contributed by atoms with Gasteiger partial charge >= 0.3 is 0 Å². The van der Waals surface area contributed by atoms with Crippen LogP contribution in [-0.4, -0.2) is 17.1 Å². The van der Waals surface area contributed by atoms with E-state index in [4.69, 9.17) is 4.74 Å². The first-order valence-corrected chi connectivity index (χ1v) is 8.06. The minimum Gasteiger partial charge on any atom is -0.377 e. The van der Waals surface area contributed by atoms with Crippen molar-refractivity contribution in [2.75, 3.05) is 12.4 Å². The number of nitrogens with one attached hydrogen (secondary N) is 1. The van der Waals surface area contributed by atoms with Crippen molar-refractivity contribution in [2.45, 2.75) is 19.6 Å². The third kappa shape index (κ3) is 4.39. The molecule has 3 aromatic rings. The van der Waals surface area contributed by atoms with Crippen LogP contribution < -0.4 is 5.32 Å². The fraction of sp³-hybridized carbons (Fsp3) is 0.200. The first kappa shape index (κ1) is 17.0. The van der Waals surface area contributed by atoms with Gasteiger partial charge in [-0.2, -0.15) is 0 Å². The van der Waals surface area contributed by atoms with Gasteiger partial charge < -0.3 is 10.1 Å². The van der Waals surface area contributed by atoms with Gasteiger partial charge in [0.05, 0.1) is 6.04 Å². The van der Waals surface area contributed by atoms with Gasteiger partial charge in [-0.15, -0.1) is 0 Å². The first-order valence-electron chi connectivity index (χ1n) is 8.06. The van der Waals surface area contributed by atoms with Crippen LogP contribution in [0.5, 0.6) is 0 Å². The minimum atomic E-state index is -0.265. The molecule has 0 aliphatic rings. The van der Waals surface area contributed by atoms with E-state index in [1.54, 1.807) is 13.2 Å². The van der Waals surface area contributed by atoms with Crippen LogP contribution in [0.3, 0.4) is 0 Å². The van der Waals surface area contributed by atoms with Gasteiger partial charge in [0, 0.05) is 18.9 Å². The van der Waals surface area contributed by atoms with Gasteiger partial charge in [0.25, 0.3) is 0 Å². The summed E-state index contributed by atoms with van der Waals surface area (Å²) >= 11 is 0. The average Bonchev–Trinajstić information content (AvgIpc) is 2.60. The van der Waals surface area contributed by atoms with E-state index in [1.807, 2.05) is 49.4 Å². The van der Waals surface area contributed by atoms with Crippen molar-refractivity contribution in [2.24, 2.45) is 0 Å². The van der Waals surface area contributed by atoms with Crippen LogP contribution in [0, 0.1) is 12.7 Å². The Kier molecular flexibility index (Phi) is 5.36. The minimum absolute atomic E-state index is 0.221. The van der Waals surface area contributed by atoms with Crippen LogP contribution in [0.2, 0.25) is 0 Å². The maximum atomic E-state index is 13.7. The van der Waals surface area contributed by atoms with Crippen molar-refractivity contribution in [1.29, 1.82) is 0 Å². The monoisotopic (exact) mass is 337 g/mol. The summed E-state index contributed by atoms with van der Waals surface area (Å²) in [6, 6.07) is 18.1. The predicted molar refractivity (Wildman–Crippen MR) is 95.8 cm³/mol. The number of hydrogen-bond acceptors (Lipinski definition) is 4. The topological polar surface area (TPSA) is 47.0 Å². The van der Waals surface area contributed by atoms with E-state index in [-0.39, 0.29) is 11.9 Å². The number of benzene rings is 2. The molecule has 0 aliphatic heterocycles. The molecule has 1 N–H and O–H groups in total. The third-order valence-electron chi connectivity index (χ3n) is 3.78. The largest absolute Gasteiger partial charge is 0.377 e. The lowest BCUT2D eigenvalue weighted by Gasteiger charge is -2.21. The standard InChI is InChI=1S/C20H20FN3O/c1-14-11-18(23-19(22-14)13-25-2)24-20(15-7-4-3-5-8-15)16-9-6-10-17(21)12-16/h3-12,20H,13H2,1-2H3,(H,22,23,24). The number of halogens is 1. The number of hydrogen-bond donors (Lipinski definition) is 1. The van der Waals surface area contributed by atoms with Gasteiger partial charge in [0.2, 0.25) is 0 Å². The zero-order valence-electron chi connectivity index (χ0n) is 14.2. The Hall–Kier alpha value is -2.79. The number of aryl methyl sites for hydroxylation is 1. The smallest absolute Gasteiger partial charge is 0.156 e. The fourth-order valence-corrected chi connectivity index (χ4v) is 2.74. The maximum absolute atomic E-state index is 13.7. The molecule has 1 heterocycles. The number of nitrogens with zero attached hydrogens (tertiary/aromatic N) is 2. The van der Waals surface area contributed by atoms with Crippen LogP contribution in [-0.2, 0) is 11.3 Å². The van der Waals surface area contributed by atoms with Crippen molar-refractivity contribution in [3.8, 4) is 0 Å². The van der Waals surface area contributed by atoms with E-state index in [2.05, 4.69) is 15.3 Å². The molecule has 1 aromatic heterocycles. The Morgan fingerprint density at radius 2 is 1.76 bits per heavy atom. The highest BCUT2D eigenvalue weighted by Gasteiger charge is 2.16. The van der Waals surface area contributed by atoms with E-state index < -0.39 is 0 Å². The van der Waals surface area contributed by atoms with Crippen LogP contribution >= 0.6 is 0 Å². The van der Waals surface area contributed by atoms with Crippen LogP contribution in [0.25, 0.3) is 0 Å². The van der Waals surface area contributed by atoms with Crippen molar-refractivity contribution >= 4 is 5.82 Å². The Balaban J connectivity index is 1.98. The molecular formula is C20H20FN3O. The fourth-order valence-electron chi connectivity index (χ4n) is 2.74. The molecule has 0 aliphatic carbocycles.